The van der Waals surface area contributed by atoms with Crippen LogP contribution in [-0.2, 0) is 4.79 Å². The van der Waals surface area contributed by atoms with Crippen molar-refractivity contribution in [3.63, 3.8) is 0 Å². The van der Waals surface area contributed by atoms with Crippen LogP contribution < -0.4 is 10.7 Å². The largest absolute Gasteiger partial charge is 0.376 e. The SMILES string of the molecule is Cc1cc(C)c(NCC(=O)N/N=C\c2ccc(Cl)cc2Cl)c(C)c1. The van der Waals surface area contributed by atoms with Crippen molar-refractivity contribution in [3.05, 3.63) is 62.6 Å². The minimum absolute atomic E-state index is 0.135. The van der Waals surface area contributed by atoms with Crippen molar-refractivity contribution < 1.29 is 4.79 Å². The molecule has 126 valence electrons. The first-order valence-corrected chi connectivity index (χ1v) is 8.21. The van der Waals surface area contributed by atoms with Crippen molar-refractivity contribution in [2.45, 2.75) is 20.8 Å². The number of nitrogens with one attached hydrogen (secondary N) is 2. The molecule has 6 heteroatoms. The molecule has 1 amide bonds. The minimum Gasteiger partial charge on any atom is -0.376 e. The number of aryl methyl sites for hydroxylation is 3. The van der Waals surface area contributed by atoms with Crippen LogP contribution in [-0.4, -0.2) is 18.7 Å². The Bertz CT molecular complexity index is 765. The van der Waals surface area contributed by atoms with E-state index in [0.29, 0.717) is 15.6 Å². The molecule has 4 nitrogen and oxygen atoms in total. The number of anilines is 1. The number of carbonyl (C=O) groups is 1. The van der Waals surface area contributed by atoms with E-state index in [2.05, 4.69) is 28.0 Å². The van der Waals surface area contributed by atoms with Gasteiger partial charge in [-0.3, -0.25) is 4.79 Å². The summed E-state index contributed by atoms with van der Waals surface area (Å²) >= 11 is 11.9. The summed E-state index contributed by atoms with van der Waals surface area (Å²) in [7, 11) is 0. The van der Waals surface area contributed by atoms with E-state index < -0.39 is 0 Å². The Morgan fingerprint density at radius 1 is 1.12 bits per heavy atom. The summed E-state index contributed by atoms with van der Waals surface area (Å²) < 4.78 is 0. The Labute approximate surface area is 151 Å². The Morgan fingerprint density at radius 2 is 1.79 bits per heavy atom. The highest BCUT2D eigenvalue weighted by Crippen LogP contribution is 2.21. The second-order valence-electron chi connectivity index (χ2n) is 5.59. The molecule has 0 heterocycles. The lowest BCUT2D eigenvalue weighted by molar-refractivity contribution is -0.119. The fourth-order valence-electron chi connectivity index (χ4n) is 2.45. The van der Waals surface area contributed by atoms with Gasteiger partial charge >= 0.3 is 0 Å². The Kier molecular flexibility index (Phi) is 6.23. The third-order valence-corrected chi connectivity index (χ3v) is 4.02. The van der Waals surface area contributed by atoms with Gasteiger partial charge in [0.05, 0.1) is 17.8 Å². The summed E-state index contributed by atoms with van der Waals surface area (Å²) in [4.78, 5) is 11.9. The molecular weight excluding hydrogens is 345 g/mol. The molecule has 2 N–H and O–H groups in total. The molecule has 0 bridgehead atoms. The van der Waals surface area contributed by atoms with Gasteiger partial charge in [-0.15, -0.1) is 0 Å². The van der Waals surface area contributed by atoms with Crippen molar-refractivity contribution in [2.24, 2.45) is 5.10 Å². The van der Waals surface area contributed by atoms with E-state index in [0.717, 1.165) is 16.8 Å². The van der Waals surface area contributed by atoms with Gasteiger partial charge in [0.2, 0.25) is 0 Å². The zero-order valence-electron chi connectivity index (χ0n) is 13.8. The lowest BCUT2D eigenvalue weighted by Gasteiger charge is -2.13. The van der Waals surface area contributed by atoms with Crippen LogP contribution in [0.1, 0.15) is 22.3 Å². The van der Waals surface area contributed by atoms with Gasteiger partial charge in [-0.2, -0.15) is 5.10 Å². The molecule has 0 fully saturated rings. The molecule has 2 rings (SSSR count). The van der Waals surface area contributed by atoms with Crippen LogP contribution in [0.25, 0.3) is 0 Å². The zero-order chi connectivity index (χ0) is 17.7. The van der Waals surface area contributed by atoms with Crippen LogP contribution in [0.3, 0.4) is 0 Å². The average molecular weight is 364 g/mol. The monoisotopic (exact) mass is 363 g/mol. The average Bonchev–Trinajstić information content (AvgIpc) is 2.48. The van der Waals surface area contributed by atoms with Gasteiger partial charge in [0.15, 0.2) is 0 Å². The molecule has 0 aromatic heterocycles. The molecule has 0 aliphatic carbocycles. The maximum Gasteiger partial charge on any atom is 0.259 e. The first kappa shape index (κ1) is 18.3. The van der Waals surface area contributed by atoms with Gasteiger partial charge in [0.1, 0.15) is 0 Å². The molecule has 0 atom stereocenters. The van der Waals surface area contributed by atoms with Crippen LogP contribution in [0.5, 0.6) is 0 Å². The van der Waals surface area contributed by atoms with E-state index >= 15 is 0 Å². The van der Waals surface area contributed by atoms with Crippen LogP contribution >= 0.6 is 23.2 Å². The summed E-state index contributed by atoms with van der Waals surface area (Å²) in [5, 5.41) is 8.08. The maximum atomic E-state index is 11.9. The predicted molar refractivity (Wildman–Crippen MR) is 101 cm³/mol. The van der Waals surface area contributed by atoms with Crippen molar-refractivity contribution >= 4 is 41.0 Å². The van der Waals surface area contributed by atoms with Gasteiger partial charge in [-0.25, -0.2) is 5.43 Å². The van der Waals surface area contributed by atoms with Crippen LogP contribution in [0.2, 0.25) is 10.0 Å². The lowest BCUT2D eigenvalue weighted by atomic mass is 10.1. The second-order valence-corrected chi connectivity index (χ2v) is 6.43. The molecule has 0 spiro atoms. The molecule has 0 radical (unpaired) electrons. The van der Waals surface area contributed by atoms with E-state index in [4.69, 9.17) is 23.2 Å². The number of benzene rings is 2. The summed E-state index contributed by atoms with van der Waals surface area (Å²) in [5.74, 6) is -0.240. The smallest absolute Gasteiger partial charge is 0.259 e. The van der Waals surface area contributed by atoms with E-state index in [9.17, 15) is 4.79 Å². The van der Waals surface area contributed by atoms with Crippen molar-refractivity contribution in [1.29, 1.82) is 0 Å². The first-order valence-electron chi connectivity index (χ1n) is 7.45. The third-order valence-electron chi connectivity index (χ3n) is 3.46. The second kappa shape index (κ2) is 8.18. The first-order chi connectivity index (χ1) is 11.4. The highest BCUT2D eigenvalue weighted by Gasteiger charge is 2.06. The molecule has 0 unspecified atom stereocenters. The molecular formula is C18H19Cl2N3O. The molecule has 2 aromatic carbocycles. The van der Waals surface area contributed by atoms with Crippen molar-refractivity contribution in [1.82, 2.24) is 5.43 Å². The standard InChI is InChI=1S/C18H19Cl2N3O/c1-11-6-12(2)18(13(3)7-11)21-10-17(24)23-22-9-14-4-5-15(19)8-16(14)20/h4-9,21H,10H2,1-3H3,(H,23,24)/b22-9-. The minimum atomic E-state index is -0.240. The number of rotatable bonds is 5. The third kappa shape index (κ3) is 4.98. The fraction of sp³-hybridized carbons (Fsp3) is 0.222. The van der Waals surface area contributed by atoms with Crippen LogP contribution in [0.4, 0.5) is 5.69 Å². The van der Waals surface area contributed by atoms with Crippen LogP contribution in [0.15, 0.2) is 35.4 Å². The normalized spacial score (nSPS) is 10.9. The lowest BCUT2D eigenvalue weighted by Crippen LogP contribution is -2.26. The molecule has 24 heavy (non-hydrogen) atoms. The molecule has 0 saturated carbocycles. The molecule has 0 saturated heterocycles. The number of hydrogen-bond donors (Lipinski definition) is 2. The van der Waals surface area contributed by atoms with E-state index in [1.54, 1.807) is 18.2 Å². The number of hydrazone groups is 1. The number of carbonyl (C=O) groups excluding carboxylic acids is 1. The molecule has 0 aliphatic rings. The molecule has 2 aromatic rings. The number of hydrogen-bond acceptors (Lipinski definition) is 3. The van der Waals surface area contributed by atoms with E-state index in [1.165, 1.54) is 11.8 Å². The Balaban J connectivity index is 1.91. The van der Waals surface area contributed by atoms with Gasteiger partial charge in [0, 0.05) is 16.3 Å². The maximum absolute atomic E-state index is 11.9. The van der Waals surface area contributed by atoms with Gasteiger partial charge < -0.3 is 5.32 Å². The summed E-state index contributed by atoms with van der Waals surface area (Å²) in [6.45, 7) is 6.21. The van der Waals surface area contributed by atoms with E-state index in [1.807, 2.05) is 20.8 Å². The van der Waals surface area contributed by atoms with Gasteiger partial charge in [-0.1, -0.05) is 47.0 Å². The zero-order valence-corrected chi connectivity index (χ0v) is 15.3. The highest BCUT2D eigenvalue weighted by molar-refractivity contribution is 6.36. The molecule has 0 aliphatic heterocycles. The van der Waals surface area contributed by atoms with Crippen LogP contribution in [0, 0.1) is 20.8 Å². The van der Waals surface area contributed by atoms with E-state index in [-0.39, 0.29) is 12.5 Å². The summed E-state index contributed by atoms with van der Waals surface area (Å²) in [5.41, 5.74) is 7.54. The predicted octanol–water partition coefficient (Wildman–Crippen LogP) is 4.48. The number of halogens is 2. The number of amides is 1. The highest BCUT2D eigenvalue weighted by atomic mass is 35.5. The summed E-state index contributed by atoms with van der Waals surface area (Å²) in [6, 6.07) is 9.22. The van der Waals surface area contributed by atoms with Crippen molar-refractivity contribution in [3.8, 4) is 0 Å². The quantitative estimate of drug-likeness (QED) is 0.607. The van der Waals surface area contributed by atoms with Gasteiger partial charge in [-0.05, 0) is 44.0 Å². The Hall–Kier alpha value is -2.04. The Morgan fingerprint density at radius 3 is 2.42 bits per heavy atom. The number of nitrogens with zero attached hydrogens (tertiary/aromatic N) is 1. The topological polar surface area (TPSA) is 53.5 Å². The fourth-order valence-corrected chi connectivity index (χ4v) is 2.90. The summed E-state index contributed by atoms with van der Waals surface area (Å²) in [6.07, 6.45) is 1.49. The van der Waals surface area contributed by atoms with Crippen molar-refractivity contribution in [2.75, 3.05) is 11.9 Å². The van der Waals surface area contributed by atoms with Gasteiger partial charge in [0.25, 0.3) is 5.91 Å².